The topological polar surface area (TPSA) is 12.0 Å². The van der Waals surface area contributed by atoms with Crippen LogP contribution in [0, 0.1) is 12.7 Å². The molecule has 0 bridgehead atoms. The molecule has 76 valence electrons. The van der Waals surface area contributed by atoms with Gasteiger partial charge in [0.2, 0.25) is 0 Å². The smallest absolute Gasteiger partial charge is 0.128 e. The van der Waals surface area contributed by atoms with Gasteiger partial charge in [0.15, 0.2) is 0 Å². The monoisotopic (exact) mass is 193 g/mol. The summed E-state index contributed by atoms with van der Waals surface area (Å²) in [7, 11) is 1.83. The molecule has 14 heavy (non-hydrogen) atoms. The normalized spacial score (nSPS) is 12.5. The maximum atomic E-state index is 13.5. The molecule has 0 aliphatic heterocycles. The fourth-order valence-electron chi connectivity index (χ4n) is 1.48. The fraction of sp³-hybridized carbons (Fsp3) is 0.333. The van der Waals surface area contributed by atoms with Crippen molar-refractivity contribution in [2.24, 2.45) is 0 Å². The number of hydrogen-bond acceptors (Lipinski definition) is 1. The minimum Gasteiger partial charge on any atom is -0.313 e. The van der Waals surface area contributed by atoms with E-state index >= 15 is 0 Å². The lowest BCUT2D eigenvalue weighted by molar-refractivity contribution is 0.539. The maximum Gasteiger partial charge on any atom is 0.128 e. The largest absolute Gasteiger partial charge is 0.313 e. The van der Waals surface area contributed by atoms with Crippen LogP contribution in [0.1, 0.15) is 23.6 Å². The van der Waals surface area contributed by atoms with Gasteiger partial charge in [-0.2, -0.15) is 0 Å². The van der Waals surface area contributed by atoms with Crippen LogP contribution in [-0.2, 0) is 0 Å². The number of nitrogens with one attached hydrogen (secondary N) is 1. The summed E-state index contributed by atoms with van der Waals surface area (Å²) in [6, 6.07) is 5.33. The van der Waals surface area contributed by atoms with Gasteiger partial charge in [-0.25, -0.2) is 4.39 Å². The van der Waals surface area contributed by atoms with Crippen molar-refractivity contribution in [2.45, 2.75) is 19.4 Å². The number of rotatable bonds is 4. The predicted molar refractivity (Wildman–Crippen MR) is 57.8 cm³/mol. The van der Waals surface area contributed by atoms with E-state index in [9.17, 15) is 4.39 Å². The Morgan fingerprint density at radius 3 is 2.79 bits per heavy atom. The summed E-state index contributed by atoms with van der Waals surface area (Å²) < 4.78 is 13.5. The number of aryl methyl sites for hydroxylation is 1. The molecule has 0 saturated carbocycles. The molecule has 0 radical (unpaired) electrons. The standard InChI is InChI=1S/C12H16FN/c1-4-5-12(14-3)10-7-6-9(2)8-11(10)13/h4,6-8,12,14H,1,5H2,2-3H3. The molecule has 1 aromatic rings. The Balaban J connectivity index is 2.97. The lowest BCUT2D eigenvalue weighted by Crippen LogP contribution is -2.16. The van der Waals surface area contributed by atoms with Gasteiger partial charge in [-0.15, -0.1) is 6.58 Å². The summed E-state index contributed by atoms with van der Waals surface area (Å²) in [6.45, 7) is 5.54. The van der Waals surface area contributed by atoms with E-state index in [0.29, 0.717) is 5.56 Å². The van der Waals surface area contributed by atoms with Crippen molar-refractivity contribution in [1.82, 2.24) is 5.32 Å². The molecule has 1 aromatic carbocycles. The molecule has 1 rings (SSSR count). The van der Waals surface area contributed by atoms with Gasteiger partial charge in [-0.3, -0.25) is 0 Å². The Hall–Kier alpha value is -1.15. The van der Waals surface area contributed by atoms with Gasteiger partial charge in [-0.1, -0.05) is 18.2 Å². The van der Waals surface area contributed by atoms with Crippen LogP contribution in [0.2, 0.25) is 0 Å². The quantitative estimate of drug-likeness (QED) is 0.725. The Morgan fingerprint density at radius 1 is 1.57 bits per heavy atom. The SMILES string of the molecule is C=CCC(NC)c1ccc(C)cc1F. The zero-order valence-corrected chi connectivity index (χ0v) is 8.68. The van der Waals surface area contributed by atoms with Crippen LogP contribution >= 0.6 is 0 Å². The van der Waals surface area contributed by atoms with Gasteiger partial charge >= 0.3 is 0 Å². The van der Waals surface area contributed by atoms with Crippen LogP contribution in [0.5, 0.6) is 0 Å². The molecule has 1 N–H and O–H groups in total. The second-order valence-electron chi connectivity index (χ2n) is 3.39. The summed E-state index contributed by atoms with van der Waals surface area (Å²) in [5, 5.41) is 3.07. The molecule has 0 spiro atoms. The fourth-order valence-corrected chi connectivity index (χ4v) is 1.48. The van der Waals surface area contributed by atoms with Crippen LogP contribution in [0.4, 0.5) is 4.39 Å². The third kappa shape index (κ3) is 2.42. The summed E-state index contributed by atoms with van der Waals surface area (Å²) in [4.78, 5) is 0. The molecule has 0 saturated heterocycles. The van der Waals surface area contributed by atoms with E-state index in [1.807, 2.05) is 26.1 Å². The van der Waals surface area contributed by atoms with Gasteiger partial charge in [-0.05, 0) is 32.0 Å². The molecule has 0 aliphatic carbocycles. The number of hydrogen-bond donors (Lipinski definition) is 1. The Morgan fingerprint density at radius 2 is 2.29 bits per heavy atom. The Bertz CT molecular complexity index is 320. The molecular formula is C12H16FN. The zero-order chi connectivity index (χ0) is 10.6. The molecule has 1 atom stereocenters. The molecular weight excluding hydrogens is 177 g/mol. The minimum atomic E-state index is -0.147. The van der Waals surface area contributed by atoms with E-state index in [4.69, 9.17) is 0 Å². The average Bonchev–Trinajstić information content (AvgIpc) is 2.15. The van der Waals surface area contributed by atoms with Gasteiger partial charge < -0.3 is 5.32 Å². The Labute approximate surface area is 84.6 Å². The lowest BCUT2D eigenvalue weighted by Gasteiger charge is -2.15. The maximum absolute atomic E-state index is 13.5. The second kappa shape index (κ2) is 4.91. The van der Waals surface area contributed by atoms with Gasteiger partial charge in [0.25, 0.3) is 0 Å². The van der Waals surface area contributed by atoms with Gasteiger partial charge in [0, 0.05) is 11.6 Å². The highest BCUT2D eigenvalue weighted by Gasteiger charge is 2.11. The van der Waals surface area contributed by atoms with Gasteiger partial charge in [0.05, 0.1) is 0 Å². The van der Waals surface area contributed by atoms with Crippen molar-refractivity contribution in [3.05, 3.63) is 47.8 Å². The van der Waals surface area contributed by atoms with E-state index in [1.165, 1.54) is 0 Å². The third-order valence-electron chi connectivity index (χ3n) is 2.28. The van der Waals surface area contributed by atoms with E-state index in [0.717, 1.165) is 12.0 Å². The second-order valence-corrected chi connectivity index (χ2v) is 3.39. The van der Waals surface area contributed by atoms with E-state index in [1.54, 1.807) is 12.1 Å². The number of benzene rings is 1. The van der Waals surface area contributed by atoms with Crippen molar-refractivity contribution < 1.29 is 4.39 Å². The van der Waals surface area contributed by atoms with E-state index < -0.39 is 0 Å². The highest BCUT2D eigenvalue weighted by molar-refractivity contribution is 5.26. The summed E-state index contributed by atoms with van der Waals surface area (Å²) in [6.07, 6.45) is 2.52. The highest BCUT2D eigenvalue weighted by atomic mass is 19.1. The first-order valence-electron chi connectivity index (χ1n) is 4.73. The zero-order valence-electron chi connectivity index (χ0n) is 8.68. The highest BCUT2D eigenvalue weighted by Crippen LogP contribution is 2.20. The molecule has 2 heteroatoms. The number of halogens is 1. The molecule has 0 aromatic heterocycles. The lowest BCUT2D eigenvalue weighted by atomic mass is 10.0. The molecule has 0 heterocycles. The van der Waals surface area contributed by atoms with Crippen molar-refractivity contribution in [3.8, 4) is 0 Å². The van der Waals surface area contributed by atoms with E-state index in [-0.39, 0.29) is 11.9 Å². The first-order valence-corrected chi connectivity index (χ1v) is 4.73. The summed E-state index contributed by atoms with van der Waals surface area (Å²) in [5.41, 5.74) is 1.65. The molecule has 1 unspecified atom stereocenters. The van der Waals surface area contributed by atoms with Crippen molar-refractivity contribution in [3.63, 3.8) is 0 Å². The van der Waals surface area contributed by atoms with Crippen LogP contribution in [-0.4, -0.2) is 7.05 Å². The Kier molecular flexibility index (Phi) is 3.84. The van der Waals surface area contributed by atoms with Crippen molar-refractivity contribution in [2.75, 3.05) is 7.05 Å². The van der Waals surface area contributed by atoms with Crippen molar-refractivity contribution >= 4 is 0 Å². The van der Waals surface area contributed by atoms with Crippen LogP contribution in [0.3, 0.4) is 0 Å². The average molecular weight is 193 g/mol. The molecule has 0 aliphatic rings. The van der Waals surface area contributed by atoms with Crippen LogP contribution in [0.15, 0.2) is 30.9 Å². The van der Waals surface area contributed by atoms with Crippen LogP contribution < -0.4 is 5.32 Å². The molecule has 1 nitrogen and oxygen atoms in total. The molecule has 0 amide bonds. The van der Waals surface area contributed by atoms with Crippen molar-refractivity contribution in [1.29, 1.82) is 0 Å². The van der Waals surface area contributed by atoms with E-state index in [2.05, 4.69) is 11.9 Å². The minimum absolute atomic E-state index is 0.0214. The third-order valence-corrected chi connectivity index (χ3v) is 2.28. The first-order chi connectivity index (χ1) is 6.69. The summed E-state index contributed by atoms with van der Waals surface area (Å²) >= 11 is 0. The summed E-state index contributed by atoms with van der Waals surface area (Å²) in [5.74, 6) is -0.147. The first kappa shape index (κ1) is 10.9. The predicted octanol–water partition coefficient (Wildman–Crippen LogP) is 2.97. The van der Waals surface area contributed by atoms with Gasteiger partial charge in [0.1, 0.15) is 5.82 Å². The van der Waals surface area contributed by atoms with Crippen LogP contribution in [0.25, 0.3) is 0 Å². The molecule has 0 fully saturated rings.